The summed E-state index contributed by atoms with van der Waals surface area (Å²) in [7, 11) is 0. The molecular weight excluding hydrogens is 112 g/mol. The molecule has 0 bridgehead atoms. The number of hydrogen-bond donors (Lipinski definition) is 2. The summed E-state index contributed by atoms with van der Waals surface area (Å²) in [6.07, 6.45) is 0. The van der Waals surface area contributed by atoms with Crippen LogP contribution in [0.25, 0.3) is 0 Å². The third-order valence-corrected chi connectivity index (χ3v) is 1.32. The van der Waals surface area contributed by atoms with Gasteiger partial charge < -0.3 is 0 Å². The Kier molecular flexibility index (Phi) is 2.78. The molecule has 0 aromatic heterocycles. The minimum Gasteiger partial charge on any atom is -0.161 e. The topological polar surface area (TPSA) is 0 Å². The average Bonchev–Trinajstić information content (AvgIpc) is 1.36. The van der Waals surface area contributed by atoms with Gasteiger partial charge in [0.15, 0.2) is 0 Å². The number of hydrogen-bond acceptors (Lipinski definition) is 2. The Labute approximate surface area is 49.5 Å². The van der Waals surface area contributed by atoms with Crippen molar-refractivity contribution in [2.24, 2.45) is 0 Å². The predicted molar refractivity (Wildman–Crippen MR) is 36.6 cm³/mol. The van der Waals surface area contributed by atoms with E-state index in [9.17, 15) is 0 Å². The van der Waals surface area contributed by atoms with Gasteiger partial charge in [0.1, 0.15) is 0 Å². The molecular formula is C4H8S2. The first kappa shape index (κ1) is 6.44. The maximum atomic E-state index is 3.96. The fourth-order valence-corrected chi connectivity index (χ4v) is 0. The van der Waals surface area contributed by atoms with Crippen molar-refractivity contribution in [3.63, 3.8) is 0 Å². The maximum Gasteiger partial charge on any atom is 0.0646 e. The highest BCUT2D eigenvalue weighted by Crippen LogP contribution is 2.08. The molecule has 2 heteroatoms. The van der Waals surface area contributed by atoms with E-state index in [1.807, 2.05) is 6.92 Å². The van der Waals surface area contributed by atoms with Gasteiger partial charge in [-0.05, 0) is 6.92 Å². The zero-order valence-corrected chi connectivity index (χ0v) is 5.47. The lowest BCUT2D eigenvalue weighted by Crippen LogP contribution is -1.83. The Morgan fingerprint density at radius 2 is 1.83 bits per heavy atom. The van der Waals surface area contributed by atoms with E-state index >= 15 is 0 Å². The maximum absolute atomic E-state index is 3.96. The van der Waals surface area contributed by atoms with E-state index < -0.39 is 0 Å². The van der Waals surface area contributed by atoms with Crippen molar-refractivity contribution < 1.29 is 0 Å². The highest BCUT2D eigenvalue weighted by molar-refractivity contribution is 7.99. The summed E-state index contributed by atoms with van der Waals surface area (Å²) >= 11 is 7.92. The van der Waals surface area contributed by atoms with E-state index in [0.717, 1.165) is 5.57 Å². The van der Waals surface area contributed by atoms with Crippen LogP contribution >= 0.6 is 25.3 Å². The molecule has 36 valence electrons. The zero-order valence-electron chi connectivity index (χ0n) is 3.68. The van der Waals surface area contributed by atoms with E-state index in [1.165, 1.54) is 0 Å². The van der Waals surface area contributed by atoms with Gasteiger partial charge in [0.25, 0.3) is 0 Å². The molecule has 0 spiro atoms. The molecule has 0 amide bonds. The molecule has 0 aliphatic carbocycles. The lowest BCUT2D eigenvalue weighted by atomic mass is 10.4. The van der Waals surface area contributed by atoms with Gasteiger partial charge in [-0.25, -0.2) is 0 Å². The minimum absolute atomic E-state index is 0.0463. The van der Waals surface area contributed by atoms with Crippen LogP contribution in [0.3, 0.4) is 0 Å². The highest BCUT2D eigenvalue weighted by Gasteiger charge is 1.89. The molecule has 0 aromatic carbocycles. The van der Waals surface area contributed by atoms with Gasteiger partial charge in [0.05, 0.1) is 4.58 Å². The third kappa shape index (κ3) is 2.67. The third-order valence-electron chi connectivity index (χ3n) is 0.441. The lowest BCUT2D eigenvalue weighted by molar-refractivity contribution is 1.39. The molecule has 0 nitrogen and oxygen atoms in total. The Morgan fingerprint density at radius 3 is 1.83 bits per heavy atom. The van der Waals surface area contributed by atoms with Gasteiger partial charge in [-0.3, -0.25) is 0 Å². The Morgan fingerprint density at radius 1 is 1.67 bits per heavy atom. The Hall–Kier alpha value is 0.440. The molecule has 0 aliphatic heterocycles. The summed E-state index contributed by atoms with van der Waals surface area (Å²) in [6, 6.07) is 0. The van der Waals surface area contributed by atoms with Gasteiger partial charge in [-0.15, -0.1) is 0 Å². The van der Waals surface area contributed by atoms with Crippen LogP contribution in [0.5, 0.6) is 0 Å². The number of rotatable bonds is 1. The summed E-state index contributed by atoms with van der Waals surface area (Å²) in [5.41, 5.74) is 0.988. The van der Waals surface area contributed by atoms with E-state index in [1.54, 1.807) is 0 Å². The summed E-state index contributed by atoms with van der Waals surface area (Å²) in [4.78, 5) is 0. The monoisotopic (exact) mass is 120 g/mol. The first-order chi connectivity index (χ1) is 2.64. The molecule has 0 atom stereocenters. The minimum atomic E-state index is 0.0463. The van der Waals surface area contributed by atoms with Gasteiger partial charge in [0.2, 0.25) is 0 Å². The van der Waals surface area contributed by atoms with Crippen molar-refractivity contribution in [1.82, 2.24) is 0 Å². The van der Waals surface area contributed by atoms with Crippen molar-refractivity contribution >= 4 is 25.3 Å². The summed E-state index contributed by atoms with van der Waals surface area (Å²) in [6.45, 7) is 5.50. The first-order valence-electron chi connectivity index (χ1n) is 1.66. The van der Waals surface area contributed by atoms with Crippen LogP contribution < -0.4 is 0 Å². The molecule has 0 unspecified atom stereocenters. The van der Waals surface area contributed by atoms with Crippen LogP contribution in [-0.4, -0.2) is 4.58 Å². The van der Waals surface area contributed by atoms with Crippen molar-refractivity contribution in [2.45, 2.75) is 11.5 Å². The van der Waals surface area contributed by atoms with Crippen LogP contribution in [0.4, 0.5) is 0 Å². The molecule has 0 saturated carbocycles. The van der Waals surface area contributed by atoms with Gasteiger partial charge in [0, 0.05) is 0 Å². The van der Waals surface area contributed by atoms with Crippen LogP contribution in [0, 0.1) is 0 Å². The van der Waals surface area contributed by atoms with Crippen molar-refractivity contribution in [2.75, 3.05) is 0 Å². The zero-order chi connectivity index (χ0) is 5.15. The first-order valence-corrected chi connectivity index (χ1v) is 2.69. The normalized spacial score (nSPS) is 9.33. The molecule has 0 rings (SSSR count). The molecule has 0 radical (unpaired) electrons. The average molecular weight is 120 g/mol. The van der Waals surface area contributed by atoms with Crippen LogP contribution in [0.1, 0.15) is 6.92 Å². The highest BCUT2D eigenvalue weighted by atomic mass is 32.2. The van der Waals surface area contributed by atoms with Crippen molar-refractivity contribution in [3.8, 4) is 0 Å². The van der Waals surface area contributed by atoms with Crippen LogP contribution in [0.15, 0.2) is 12.2 Å². The van der Waals surface area contributed by atoms with Crippen molar-refractivity contribution in [3.05, 3.63) is 12.2 Å². The summed E-state index contributed by atoms with van der Waals surface area (Å²) in [5, 5.41) is 0. The smallest absolute Gasteiger partial charge is 0.0646 e. The molecule has 6 heavy (non-hydrogen) atoms. The quantitative estimate of drug-likeness (QED) is 0.294. The van der Waals surface area contributed by atoms with Gasteiger partial charge in [-0.2, -0.15) is 25.3 Å². The standard InChI is InChI=1S/C4H8S2/c1-3(2)4(5)6/h4-6H,1H2,2H3. The SMILES string of the molecule is C=C(C)C(S)S. The molecule has 0 fully saturated rings. The van der Waals surface area contributed by atoms with Crippen LogP contribution in [0.2, 0.25) is 0 Å². The molecule has 0 N–H and O–H groups in total. The lowest BCUT2D eigenvalue weighted by Gasteiger charge is -1.95. The fourth-order valence-electron chi connectivity index (χ4n) is 0. The summed E-state index contributed by atoms with van der Waals surface area (Å²) < 4.78 is 0.0463. The fraction of sp³-hybridized carbons (Fsp3) is 0.500. The van der Waals surface area contributed by atoms with E-state index in [-0.39, 0.29) is 4.58 Å². The Balaban J connectivity index is 3.26. The van der Waals surface area contributed by atoms with E-state index in [0.29, 0.717) is 0 Å². The predicted octanol–water partition coefficient (Wildman–Crippen LogP) is 1.75. The van der Waals surface area contributed by atoms with E-state index in [4.69, 9.17) is 0 Å². The largest absolute Gasteiger partial charge is 0.161 e. The van der Waals surface area contributed by atoms with Crippen molar-refractivity contribution in [1.29, 1.82) is 0 Å². The van der Waals surface area contributed by atoms with E-state index in [2.05, 4.69) is 31.8 Å². The molecule has 0 saturated heterocycles. The number of thiol groups is 2. The van der Waals surface area contributed by atoms with Gasteiger partial charge in [-0.1, -0.05) is 12.2 Å². The Bertz CT molecular complexity index is 56.6. The second-order valence-corrected chi connectivity index (χ2v) is 2.66. The molecule has 0 heterocycles. The molecule has 0 aliphatic rings. The second-order valence-electron chi connectivity index (χ2n) is 1.22. The summed E-state index contributed by atoms with van der Waals surface area (Å²) in [5.74, 6) is 0. The second kappa shape index (κ2) is 2.59. The van der Waals surface area contributed by atoms with Crippen LogP contribution in [-0.2, 0) is 0 Å². The molecule has 0 aromatic rings. The van der Waals surface area contributed by atoms with Gasteiger partial charge >= 0.3 is 0 Å².